The molecule has 1 aromatic carbocycles. The molecule has 1 saturated heterocycles. The second-order valence-corrected chi connectivity index (χ2v) is 6.59. The first kappa shape index (κ1) is 13.5. The van der Waals surface area contributed by atoms with Crippen LogP contribution in [0.4, 0.5) is 5.69 Å². The van der Waals surface area contributed by atoms with Crippen LogP contribution in [0, 0.1) is 12.3 Å². The van der Waals surface area contributed by atoms with Crippen molar-refractivity contribution in [2.45, 2.75) is 45.4 Å². The summed E-state index contributed by atoms with van der Waals surface area (Å²) in [6.45, 7) is 3.79. The Morgan fingerprint density at radius 3 is 2.45 bits per heavy atom. The van der Waals surface area contributed by atoms with Gasteiger partial charge >= 0.3 is 0 Å². The molecule has 0 radical (unpaired) electrons. The maximum atomic E-state index is 12.6. The van der Waals surface area contributed by atoms with E-state index in [1.807, 2.05) is 30.0 Å². The van der Waals surface area contributed by atoms with Crippen LogP contribution in [0.15, 0.2) is 18.2 Å². The van der Waals surface area contributed by atoms with E-state index in [4.69, 9.17) is 5.73 Å². The van der Waals surface area contributed by atoms with Gasteiger partial charge in [0.05, 0.1) is 5.56 Å². The van der Waals surface area contributed by atoms with Gasteiger partial charge in [-0.25, -0.2) is 0 Å². The van der Waals surface area contributed by atoms with Crippen LogP contribution in [0.1, 0.15) is 54.4 Å². The van der Waals surface area contributed by atoms with Crippen molar-refractivity contribution >= 4 is 11.6 Å². The van der Waals surface area contributed by atoms with Crippen molar-refractivity contribution < 1.29 is 4.79 Å². The minimum atomic E-state index is 0.110. The Morgan fingerprint density at radius 1 is 1.15 bits per heavy atom. The van der Waals surface area contributed by atoms with Gasteiger partial charge in [-0.3, -0.25) is 4.79 Å². The zero-order chi connectivity index (χ0) is 14.2. The normalized spacial score (nSPS) is 21.4. The van der Waals surface area contributed by atoms with Crippen LogP contribution in [0.5, 0.6) is 0 Å². The molecule has 1 saturated carbocycles. The first-order chi connectivity index (χ1) is 9.60. The topological polar surface area (TPSA) is 46.3 Å². The molecule has 1 heterocycles. The zero-order valence-corrected chi connectivity index (χ0v) is 12.3. The largest absolute Gasteiger partial charge is 0.398 e. The molecule has 1 amide bonds. The molecule has 2 N–H and O–H groups in total. The number of benzene rings is 1. The Hall–Kier alpha value is -1.51. The third-order valence-electron chi connectivity index (χ3n) is 5.21. The van der Waals surface area contributed by atoms with Crippen LogP contribution < -0.4 is 5.73 Å². The van der Waals surface area contributed by atoms with Gasteiger partial charge in [0.15, 0.2) is 0 Å². The molecule has 3 nitrogen and oxygen atoms in total. The lowest BCUT2D eigenvalue weighted by Crippen LogP contribution is -2.42. The Kier molecular flexibility index (Phi) is 3.45. The van der Waals surface area contributed by atoms with Crippen molar-refractivity contribution in [2.24, 2.45) is 5.41 Å². The van der Waals surface area contributed by atoms with Gasteiger partial charge in [-0.05, 0) is 50.2 Å². The van der Waals surface area contributed by atoms with Gasteiger partial charge in [-0.2, -0.15) is 0 Å². The number of carbonyl (C=O) groups excluding carboxylic acids is 1. The predicted molar refractivity (Wildman–Crippen MR) is 81.6 cm³/mol. The summed E-state index contributed by atoms with van der Waals surface area (Å²) in [7, 11) is 0. The number of piperidine rings is 1. The third-order valence-corrected chi connectivity index (χ3v) is 5.21. The van der Waals surface area contributed by atoms with E-state index >= 15 is 0 Å². The number of likely N-dealkylation sites (tertiary alicyclic amines) is 1. The number of aryl methyl sites for hydroxylation is 1. The summed E-state index contributed by atoms with van der Waals surface area (Å²) in [6.07, 6.45) is 7.82. The molecule has 20 heavy (non-hydrogen) atoms. The molecule has 0 atom stereocenters. The highest BCUT2D eigenvalue weighted by molar-refractivity contribution is 5.99. The second kappa shape index (κ2) is 5.12. The smallest absolute Gasteiger partial charge is 0.255 e. The highest BCUT2D eigenvalue weighted by Crippen LogP contribution is 2.46. The summed E-state index contributed by atoms with van der Waals surface area (Å²) in [4.78, 5) is 14.6. The van der Waals surface area contributed by atoms with Crippen molar-refractivity contribution in [3.8, 4) is 0 Å². The molecule has 1 spiro atoms. The number of nitrogen functional groups attached to an aromatic ring is 1. The molecule has 3 rings (SSSR count). The molecular weight excluding hydrogens is 248 g/mol. The van der Waals surface area contributed by atoms with Gasteiger partial charge in [0.2, 0.25) is 0 Å². The lowest BCUT2D eigenvalue weighted by molar-refractivity contribution is 0.0588. The van der Waals surface area contributed by atoms with Crippen LogP contribution in [0.2, 0.25) is 0 Å². The summed E-state index contributed by atoms with van der Waals surface area (Å²) in [5.74, 6) is 0.110. The minimum Gasteiger partial charge on any atom is -0.398 e. The van der Waals surface area contributed by atoms with Crippen molar-refractivity contribution in [3.05, 3.63) is 29.3 Å². The van der Waals surface area contributed by atoms with Crippen LogP contribution in [-0.4, -0.2) is 23.9 Å². The second-order valence-electron chi connectivity index (χ2n) is 6.59. The van der Waals surface area contributed by atoms with Crippen LogP contribution in [0.3, 0.4) is 0 Å². The third kappa shape index (κ3) is 2.41. The highest BCUT2D eigenvalue weighted by atomic mass is 16.2. The first-order valence-corrected chi connectivity index (χ1v) is 7.75. The molecule has 0 aromatic heterocycles. The Labute approximate surface area is 121 Å². The number of hydrogen-bond donors (Lipinski definition) is 1. The minimum absolute atomic E-state index is 0.110. The van der Waals surface area contributed by atoms with Gasteiger partial charge in [0, 0.05) is 18.8 Å². The lowest BCUT2D eigenvalue weighted by atomic mass is 9.77. The van der Waals surface area contributed by atoms with E-state index in [1.165, 1.54) is 38.5 Å². The fourth-order valence-corrected chi connectivity index (χ4v) is 3.83. The fraction of sp³-hybridized carbons (Fsp3) is 0.588. The molecule has 108 valence electrons. The maximum Gasteiger partial charge on any atom is 0.255 e. The van der Waals surface area contributed by atoms with Gasteiger partial charge in [0.1, 0.15) is 0 Å². The molecular formula is C17H24N2O. The molecule has 1 aliphatic heterocycles. The molecule has 1 aromatic rings. The van der Waals surface area contributed by atoms with Crippen molar-refractivity contribution in [1.29, 1.82) is 0 Å². The van der Waals surface area contributed by atoms with Crippen molar-refractivity contribution in [2.75, 3.05) is 18.8 Å². The first-order valence-electron chi connectivity index (χ1n) is 7.75. The van der Waals surface area contributed by atoms with Gasteiger partial charge in [-0.1, -0.05) is 24.5 Å². The molecule has 2 aliphatic rings. The Morgan fingerprint density at radius 2 is 1.80 bits per heavy atom. The van der Waals surface area contributed by atoms with E-state index in [9.17, 15) is 4.79 Å². The van der Waals surface area contributed by atoms with E-state index in [-0.39, 0.29) is 5.91 Å². The fourth-order valence-electron chi connectivity index (χ4n) is 3.83. The lowest BCUT2D eigenvalue weighted by Gasteiger charge is -2.39. The molecule has 0 unspecified atom stereocenters. The highest BCUT2D eigenvalue weighted by Gasteiger charge is 2.38. The number of nitrogens with two attached hydrogens (primary N) is 1. The van der Waals surface area contributed by atoms with E-state index in [0.29, 0.717) is 16.7 Å². The SMILES string of the molecule is Cc1ccc(N)c(C(=O)N2CCC3(CCCC3)CC2)c1. The molecule has 0 bridgehead atoms. The quantitative estimate of drug-likeness (QED) is 0.797. The molecule has 2 fully saturated rings. The van der Waals surface area contributed by atoms with Crippen LogP contribution in [0.25, 0.3) is 0 Å². The van der Waals surface area contributed by atoms with E-state index in [2.05, 4.69) is 0 Å². The van der Waals surface area contributed by atoms with Gasteiger partial charge in [-0.15, -0.1) is 0 Å². The summed E-state index contributed by atoms with van der Waals surface area (Å²) in [6, 6.07) is 5.71. The average molecular weight is 272 g/mol. The van der Waals surface area contributed by atoms with Crippen molar-refractivity contribution in [1.82, 2.24) is 4.90 Å². The zero-order valence-electron chi connectivity index (χ0n) is 12.3. The summed E-state index contributed by atoms with van der Waals surface area (Å²) >= 11 is 0. The van der Waals surface area contributed by atoms with Gasteiger partial charge in [0.25, 0.3) is 5.91 Å². The average Bonchev–Trinajstić information content (AvgIpc) is 2.90. The van der Waals surface area contributed by atoms with E-state index in [1.54, 1.807) is 0 Å². The van der Waals surface area contributed by atoms with Crippen molar-refractivity contribution in [3.63, 3.8) is 0 Å². The van der Waals surface area contributed by atoms with Crippen LogP contribution in [-0.2, 0) is 0 Å². The van der Waals surface area contributed by atoms with E-state index < -0.39 is 0 Å². The molecule has 3 heteroatoms. The maximum absolute atomic E-state index is 12.6. The molecule has 1 aliphatic carbocycles. The van der Waals surface area contributed by atoms with Gasteiger partial charge < -0.3 is 10.6 Å². The monoisotopic (exact) mass is 272 g/mol. The van der Waals surface area contributed by atoms with E-state index in [0.717, 1.165) is 18.7 Å². The summed E-state index contributed by atoms with van der Waals surface area (Å²) in [5, 5.41) is 0. The summed E-state index contributed by atoms with van der Waals surface area (Å²) < 4.78 is 0. The predicted octanol–water partition coefficient (Wildman–Crippen LogP) is 3.37. The number of hydrogen-bond acceptors (Lipinski definition) is 2. The Balaban J connectivity index is 1.71. The number of anilines is 1. The number of rotatable bonds is 1. The number of amides is 1. The number of carbonyl (C=O) groups is 1. The summed E-state index contributed by atoms with van der Waals surface area (Å²) in [5.41, 5.74) is 8.88. The standard InChI is InChI=1S/C17H24N2O/c1-13-4-5-15(18)14(12-13)16(20)19-10-8-17(9-11-19)6-2-3-7-17/h4-5,12H,2-3,6-11,18H2,1H3. The van der Waals surface area contributed by atoms with Crippen LogP contribution >= 0.6 is 0 Å². The number of nitrogens with zero attached hydrogens (tertiary/aromatic N) is 1. The Bertz CT molecular complexity index is 508.